The third-order valence-corrected chi connectivity index (χ3v) is 4.12. The number of thioether (sulfide) groups is 1. The Balaban J connectivity index is 2.50. The fraction of sp³-hybridized carbons (Fsp3) is 0.455. The first kappa shape index (κ1) is 14.1. The van der Waals surface area contributed by atoms with E-state index in [1.54, 1.807) is 17.8 Å². The number of rotatable bonds is 6. The lowest BCUT2D eigenvalue weighted by molar-refractivity contribution is 0.273. The minimum atomic E-state index is 0.202. The molecule has 0 fully saturated rings. The first-order valence-electron chi connectivity index (χ1n) is 5.03. The molecule has 5 heteroatoms. The van der Waals surface area contributed by atoms with Crippen molar-refractivity contribution in [3.63, 3.8) is 0 Å². The van der Waals surface area contributed by atoms with Gasteiger partial charge in [0.15, 0.2) is 0 Å². The van der Waals surface area contributed by atoms with E-state index in [2.05, 4.69) is 5.32 Å². The standard InChI is InChI=1S/C11H15Cl2NOS/c1-14-8(4-5-15)7-16-9-2-3-10(12)11(13)6-9/h2-3,6,8,14-15H,4-5,7H2,1H3. The predicted octanol–water partition coefficient (Wildman–Crippen LogP) is 3.06. The molecule has 1 rings (SSSR count). The molecule has 16 heavy (non-hydrogen) atoms. The van der Waals surface area contributed by atoms with Gasteiger partial charge in [-0.2, -0.15) is 0 Å². The van der Waals surface area contributed by atoms with E-state index in [0.29, 0.717) is 16.1 Å². The van der Waals surface area contributed by atoms with Gasteiger partial charge in [0, 0.05) is 23.3 Å². The molecule has 0 heterocycles. The molecule has 0 radical (unpaired) electrons. The van der Waals surface area contributed by atoms with Crippen molar-refractivity contribution in [2.24, 2.45) is 0 Å². The van der Waals surface area contributed by atoms with Gasteiger partial charge in [-0.25, -0.2) is 0 Å². The Hall–Kier alpha value is 0.0700. The van der Waals surface area contributed by atoms with Gasteiger partial charge < -0.3 is 10.4 Å². The van der Waals surface area contributed by atoms with Crippen LogP contribution >= 0.6 is 35.0 Å². The highest BCUT2D eigenvalue weighted by molar-refractivity contribution is 7.99. The molecule has 0 bridgehead atoms. The molecule has 0 amide bonds. The lowest BCUT2D eigenvalue weighted by Gasteiger charge is -2.14. The van der Waals surface area contributed by atoms with Crippen LogP contribution in [0, 0.1) is 0 Å². The third kappa shape index (κ3) is 4.52. The minimum Gasteiger partial charge on any atom is -0.396 e. The molecule has 0 aromatic heterocycles. The van der Waals surface area contributed by atoms with Crippen LogP contribution in [0.4, 0.5) is 0 Å². The van der Waals surface area contributed by atoms with Crippen molar-refractivity contribution < 1.29 is 5.11 Å². The molecule has 1 atom stereocenters. The summed E-state index contributed by atoms with van der Waals surface area (Å²) in [6.45, 7) is 0.202. The van der Waals surface area contributed by atoms with Crippen molar-refractivity contribution in [1.82, 2.24) is 5.32 Å². The number of hydrogen-bond acceptors (Lipinski definition) is 3. The van der Waals surface area contributed by atoms with Crippen LogP contribution in [0.1, 0.15) is 6.42 Å². The third-order valence-electron chi connectivity index (χ3n) is 2.23. The van der Waals surface area contributed by atoms with Crippen LogP contribution in [0.5, 0.6) is 0 Å². The zero-order chi connectivity index (χ0) is 12.0. The highest BCUT2D eigenvalue weighted by atomic mass is 35.5. The van der Waals surface area contributed by atoms with Gasteiger partial charge in [-0.05, 0) is 31.7 Å². The van der Waals surface area contributed by atoms with E-state index in [-0.39, 0.29) is 6.61 Å². The van der Waals surface area contributed by atoms with Crippen LogP contribution in [0.25, 0.3) is 0 Å². The van der Waals surface area contributed by atoms with Gasteiger partial charge in [0.05, 0.1) is 10.0 Å². The molecule has 90 valence electrons. The van der Waals surface area contributed by atoms with Gasteiger partial charge in [0.2, 0.25) is 0 Å². The normalized spacial score (nSPS) is 12.8. The second-order valence-corrected chi connectivity index (χ2v) is 5.29. The zero-order valence-electron chi connectivity index (χ0n) is 9.04. The molecular formula is C11H15Cl2NOS. The highest BCUT2D eigenvalue weighted by Gasteiger charge is 2.06. The van der Waals surface area contributed by atoms with Crippen LogP contribution < -0.4 is 5.32 Å². The fourth-order valence-corrected chi connectivity index (χ4v) is 2.69. The van der Waals surface area contributed by atoms with Crippen LogP contribution in [0.15, 0.2) is 23.1 Å². The number of halogens is 2. The summed E-state index contributed by atoms with van der Waals surface area (Å²) in [5.74, 6) is 0.898. The van der Waals surface area contributed by atoms with Gasteiger partial charge in [0.25, 0.3) is 0 Å². The molecule has 0 aliphatic carbocycles. The Morgan fingerprint density at radius 3 is 2.69 bits per heavy atom. The molecule has 0 aliphatic heterocycles. The monoisotopic (exact) mass is 279 g/mol. The maximum atomic E-state index is 8.86. The van der Waals surface area contributed by atoms with Crippen LogP contribution in [-0.2, 0) is 0 Å². The van der Waals surface area contributed by atoms with E-state index in [1.165, 1.54) is 0 Å². The maximum absolute atomic E-state index is 8.86. The smallest absolute Gasteiger partial charge is 0.0603 e. The van der Waals surface area contributed by atoms with Crippen molar-refractivity contribution >= 4 is 35.0 Å². The molecular weight excluding hydrogens is 265 g/mol. The molecule has 0 saturated carbocycles. The van der Waals surface area contributed by atoms with E-state index >= 15 is 0 Å². The number of nitrogens with one attached hydrogen (secondary N) is 1. The Morgan fingerprint density at radius 1 is 1.38 bits per heavy atom. The van der Waals surface area contributed by atoms with Crippen molar-refractivity contribution in [1.29, 1.82) is 0 Å². The summed E-state index contributed by atoms with van der Waals surface area (Å²) in [5.41, 5.74) is 0. The van der Waals surface area contributed by atoms with E-state index in [0.717, 1.165) is 17.1 Å². The second-order valence-electron chi connectivity index (χ2n) is 3.38. The largest absolute Gasteiger partial charge is 0.396 e. The summed E-state index contributed by atoms with van der Waals surface area (Å²) >= 11 is 13.5. The summed E-state index contributed by atoms with van der Waals surface area (Å²) in [5, 5.41) is 13.2. The summed E-state index contributed by atoms with van der Waals surface area (Å²) in [6, 6.07) is 5.92. The Labute approximate surface area is 110 Å². The lowest BCUT2D eigenvalue weighted by atomic mass is 10.2. The molecule has 1 aromatic rings. The van der Waals surface area contributed by atoms with Crippen molar-refractivity contribution in [2.75, 3.05) is 19.4 Å². The van der Waals surface area contributed by atoms with E-state index in [1.807, 2.05) is 19.2 Å². The van der Waals surface area contributed by atoms with Gasteiger partial charge in [-0.1, -0.05) is 23.2 Å². The Kier molecular flexibility index (Phi) is 6.54. The topological polar surface area (TPSA) is 32.3 Å². The number of aliphatic hydroxyl groups is 1. The first-order chi connectivity index (χ1) is 7.67. The molecule has 0 spiro atoms. The molecule has 0 saturated heterocycles. The SMILES string of the molecule is CNC(CCO)CSc1ccc(Cl)c(Cl)c1. The van der Waals surface area contributed by atoms with Gasteiger partial charge in [-0.3, -0.25) is 0 Å². The van der Waals surface area contributed by atoms with Gasteiger partial charge >= 0.3 is 0 Å². The molecule has 1 unspecified atom stereocenters. The molecule has 0 aliphatic rings. The van der Waals surface area contributed by atoms with Crippen molar-refractivity contribution in [2.45, 2.75) is 17.4 Å². The average Bonchev–Trinajstić information content (AvgIpc) is 2.28. The quantitative estimate of drug-likeness (QED) is 0.785. The predicted molar refractivity (Wildman–Crippen MR) is 71.7 cm³/mol. The number of benzene rings is 1. The average molecular weight is 280 g/mol. The summed E-state index contributed by atoms with van der Waals surface area (Å²) < 4.78 is 0. The van der Waals surface area contributed by atoms with Crippen molar-refractivity contribution in [3.8, 4) is 0 Å². The highest BCUT2D eigenvalue weighted by Crippen LogP contribution is 2.28. The van der Waals surface area contributed by atoms with Crippen LogP contribution in [0.3, 0.4) is 0 Å². The molecule has 1 aromatic carbocycles. The second kappa shape index (κ2) is 7.41. The molecule has 2 N–H and O–H groups in total. The van der Waals surface area contributed by atoms with Crippen LogP contribution in [0.2, 0.25) is 10.0 Å². The number of aliphatic hydroxyl groups excluding tert-OH is 1. The maximum Gasteiger partial charge on any atom is 0.0603 e. The minimum absolute atomic E-state index is 0.202. The Bertz CT molecular complexity index is 336. The summed E-state index contributed by atoms with van der Waals surface area (Å²) in [4.78, 5) is 1.09. The van der Waals surface area contributed by atoms with Gasteiger partial charge in [-0.15, -0.1) is 11.8 Å². The zero-order valence-corrected chi connectivity index (χ0v) is 11.4. The first-order valence-corrected chi connectivity index (χ1v) is 6.77. The van der Waals surface area contributed by atoms with E-state index in [4.69, 9.17) is 28.3 Å². The summed E-state index contributed by atoms with van der Waals surface area (Å²) in [7, 11) is 1.90. The Morgan fingerprint density at radius 2 is 2.12 bits per heavy atom. The van der Waals surface area contributed by atoms with E-state index < -0.39 is 0 Å². The van der Waals surface area contributed by atoms with Crippen LogP contribution in [-0.4, -0.2) is 30.6 Å². The lowest BCUT2D eigenvalue weighted by Crippen LogP contribution is -2.28. The van der Waals surface area contributed by atoms with Crippen molar-refractivity contribution in [3.05, 3.63) is 28.2 Å². The van der Waals surface area contributed by atoms with E-state index in [9.17, 15) is 0 Å². The fourth-order valence-electron chi connectivity index (χ4n) is 1.23. The molecule has 2 nitrogen and oxygen atoms in total. The number of hydrogen-bond donors (Lipinski definition) is 2. The van der Waals surface area contributed by atoms with Gasteiger partial charge in [0.1, 0.15) is 0 Å². The summed E-state index contributed by atoms with van der Waals surface area (Å²) in [6.07, 6.45) is 0.755.